The number of aryl methyl sites for hydroxylation is 2. The van der Waals surface area contributed by atoms with E-state index in [1.807, 2.05) is 19.2 Å². The minimum atomic E-state index is -0.705. The van der Waals surface area contributed by atoms with Crippen molar-refractivity contribution in [2.45, 2.75) is 18.7 Å². The molecule has 3 N–H and O–H groups in total. The van der Waals surface area contributed by atoms with Gasteiger partial charge in [-0.25, -0.2) is 4.79 Å². The van der Waals surface area contributed by atoms with Gasteiger partial charge in [-0.3, -0.25) is 4.79 Å². The molecule has 134 valence electrons. The van der Waals surface area contributed by atoms with Crippen LogP contribution in [0.5, 0.6) is 0 Å². The van der Waals surface area contributed by atoms with Crippen LogP contribution >= 0.6 is 23.4 Å². The van der Waals surface area contributed by atoms with E-state index in [4.69, 9.17) is 27.3 Å². The summed E-state index contributed by atoms with van der Waals surface area (Å²) < 4.78 is 5.00. The Morgan fingerprint density at radius 2 is 1.92 bits per heavy atom. The van der Waals surface area contributed by atoms with Gasteiger partial charge in [0.15, 0.2) is 6.61 Å². The summed E-state index contributed by atoms with van der Waals surface area (Å²) in [4.78, 5) is 24.9. The number of nitrogens with zero attached hydrogens (tertiary/aromatic N) is 1. The summed E-state index contributed by atoms with van der Waals surface area (Å²) in [6, 6.07) is 8.00. The number of esters is 1. The number of amides is 1. The van der Waals surface area contributed by atoms with Gasteiger partial charge in [0.1, 0.15) is 5.40 Å². The molecule has 0 aliphatic heterocycles. The highest BCUT2D eigenvalue weighted by Gasteiger charge is 2.15. The Bertz CT molecular complexity index is 886. The maximum absolute atomic E-state index is 12.1. The second-order valence-corrected chi connectivity index (χ2v) is 6.78. The molecule has 0 spiro atoms. The Hall–Kier alpha value is -2.69. The molecule has 0 fully saturated rings. The SMILES string of the molecule is Cc1cc(SC#N)cc(C)c1NC(=O)COC(=O)c1ccc(Cl)cc1N. The van der Waals surface area contributed by atoms with Gasteiger partial charge in [0, 0.05) is 21.3 Å². The molecule has 0 aromatic heterocycles. The minimum Gasteiger partial charge on any atom is -0.452 e. The third kappa shape index (κ3) is 4.91. The molecule has 26 heavy (non-hydrogen) atoms. The van der Waals surface area contributed by atoms with Crippen LogP contribution in [0.25, 0.3) is 0 Å². The largest absolute Gasteiger partial charge is 0.452 e. The Morgan fingerprint density at radius 1 is 1.27 bits per heavy atom. The van der Waals surface area contributed by atoms with Gasteiger partial charge < -0.3 is 15.8 Å². The first-order valence-electron chi connectivity index (χ1n) is 7.51. The molecule has 0 saturated heterocycles. The van der Waals surface area contributed by atoms with Gasteiger partial charge in [-0.1, -0.05) is 11.6 Å². The fraction of sp³-hybridized carbons (Fsp3) is 0.167. The van der Waals surface area contributed by atoms with E-state index in [0.29, 0.717) is 10.7 Å². The first kappa shape index (κ1) is 19.6. The number of halogens is 1. The van der Waals surface area contributed by atoms with Gasteiger partial charge in [-0.05, 0) is 67.1 Å². The molecular formula is C18H16ClN3O3S. The van der Waals surface area contributed by atoms with Gasteiger partial charge in [-0.15, -0.1) is 0 Å². The first-order valence-corrected chi connectivity index (χ1v) is 8.70. The van der Waals surface area contributed by atoms with E-state index >= 15 is 0 Å². The van der Waals surface area contributed by atoms with Crippen LogP contribution in [0.2, 0.25) is 5.02 Å². The van der Waals surface area contributed by atoms with Gasteiger partial charge >= 0.3 is 5.97 Å². The third-order valence-electron chi connectivity index (χ3n) is 3.50. The summed E-state index contributed by atoms with van der Waals surface area (Å²) in [5.74, 6) is -1.18. The molecule has 0 radical (unpaired) electrons. The zero-order valence-electron chi connectivity index (χ0n) is 14.1. The van der Waals surface area contributed by atoms with Crippen LogP contribution in [0.4, 0.5) is 11.4 Å². The summed E-state index contributed by atoms with van der Waals surface area (Å²) in [6.45, 7) is 3.20. The predicted molar refractivity (Wildman–Crippen MR) is 102 cm³/mol. The van der Waals surface area contributed by atoms with Crippen LogP contribution in [0.3, 0.4) is 0 Å². The Balaban J connectivity index is 2.01. The van der Waals surface area contributed by atoms with Gasteiger partial charge in [0.25, 0.3) is 5.91 Å². The average Bonchev–Trinajstić information content (AvgIpc) is 2.56. The number of hydrogen-bond acceptors (Lipinski definition) is 6. The Morgan fingerprint density at radius 3 is 2.50 bits per heavy atom. The van der Waals surface area contributed by atoms with Crippen molar-refractivity contribution in [1.82, 2.24) is 0 Å². The second kappa shape index (κ2) is 8.61. The Labute approximate surface area is 160 Å². The van der Waals surface area contributed by atoms with Crippen molar-refractivity contribution in [2.75, 3.05) is 17.7 Å². The number of rotatable bonds is 5. The molecule has 0 bridgehead atoms. The lowest BCUT2D eigenvalue weighted by Crippen LogP contribution is -2.22. The van der Waals surface area contributed by atoms with E-state index in [1.165, 1.54) is 18.2 Å². The van der Waals surface area contributed by atoms with E-state index in [2.05, 4.69) is 5.32 Å². The van der Waals surface area contributed by atoms with Crippen molar-refractivity contribution in [2.24, 2.45) is 0 Å². The summed E-state index contributed by atoms with van der Waals surface area (Å²) in [7, 11) is 0. The lowest BCUT2D eigenvalue weighted by atomic mass is 10.1. The summed E-state index contributed by atoms with van der Waals surface area (Å²) in [5.41, 5.74) is 8.29. The molecule has 1 amide bonds. The third-order valence-corrected chi connectivity index (χ3v) is 4.30. The number of benzene rings is 2. The van der Waals surface area contributed by atoms with E-state index in [9.17, 15) is 9.59 Å². The van der Waals surface area contributed by atoms with Gasteiger partial charge in [0.2, 0.25) is 0 Å². The normalized spacial score (nSPS) is 10.1. The molecule has 0 aliphatic rings. The van der Waals surface area contributed by atoms with E-state index in [0.717, 1.165) is 27.8 Å². The number of ether oxygens (including phenoxy) is 1. The zero-order valence-corrected chi connectivity index (χ0v) is 15.7. The molecule has 0 saturated carbocycles. The molecule has 8 heteroatoms. The summed E-state index contributed by atoms with van der Waals surface area (Å²) in [5, 5.41) is 13.9. The van der Waals surface area contributed by atoms with Crippen molar-refractivity contribution >= 4 is 46.6 Å². The molecule has 0 heterocycles. The fourth-order valence-corrected chi connectivity index (χ4v) is 3.09. The van der Waals surface area contributed by atoms with Crippen molar-refractivity contribution in [3.8, 4) is 5.40 Å². The Kier molecular flexibility index (Phi) is 6.50. The average molecular weight is 390 g/mol. The van der Waals surface area contributed by atoms with E-state index in [1.54, 1.807) is 12.1 Å². The number of carbonyl (C=O) groups is 2. The van der Waals surface area contributed by atoms with Crippen molar-refractivity contribution in [3.05, 3.63) is 52.0 Å². The lowest BCUT2D eigenvalue weighted by Gasteiger charge is -2.13. The van der Waals surface area contributed by atoms with Crippen molar-refractivity contribution in [1.29, 1.82) is 5.26 Å². The number of nitriles is 1. The number of anilines is 2. The molecule has 2 aromatic rings. The standard InChI is InChI=1S/C18H16ClN3O3S/c1-10-5-13(26-9-20)6-11(2)17(10)22-16(23)8-25-18(24)14-4-3-12(19)7-15(14)21/h3-7H,8,21H2,1-2H3,(H,22,23). The number of nitrogens with one attached hydrogen (secondary N) is 1. The van der Waals surface area contributed by atoms with Crippen molar-refractivity contribution < 1.29 is 14.3 Å². The molecular weight excluding hydrogens is 374 g/mol. The predicted octanol–water partition coefficient (Wildman–Crippen LogP) is 3.91. The number of carbonyl (C=O) groups excluding carboxylic acids is 2. The maximum Gasteiger partial charge on any atom is 0.340 e. The number of thioether (sulfide) groups is 1. The zero-order chi connectivity index (χ0) is 19.3. The number of nitrogen functional groups attached to an aromatic ring is 1. The van der Waals surface area contributed by atoms with Crippen LogP contribution in [-0.2, 0) is 9.53 Å². The number of hydrogen-bond donors (Lipinski definition) is 2. The molecule has 0 unspecified atom stereocenters. The van der Waals surface area contributed by atoms with Crippen LogP contribution in [0.15, 0.2) is 35.2 Å². The quantitative estimate of drug-likeness (QED) is 0.347. The second-order valence-electron chi connectivity index (χ2n) is 5.48. The smallest absolute Gasteiger partial charge is 0.340 e. The maximum atomic E-state index is 12.1. The van der Waals surface area contributed by atoms with E-state index in [-0.39, 0.29) is 11.3 Å². The highest BCUT2D eigenvalue weighted by atomic mass is 35.5. The highest BCUT2D eigenvalue weighted by molar-refractivity contribution is 8.03. The van der Waals surface area contributed by atoms with Crippen LogP contribution in [0.1, 0.15) is 21.5 Å². The first-order chi connectivity index (χ1) is 12.3. The van der Waals surface area contributed by atoms with Crippen LogP contribution < -0.4 is 11.1 Å². The summed E-state index contributed by atoms with van der Waals surface area (Å²) >= 11 is 6.83. The minimum absolute atomic E-state index is 0.146. The topological polar surface area (TPSA) is 105 Å². The monoisotopic (exact) mass is 389 g/mol. The molecule has 0 atom stereocenters. The van der Waals surface area contributed by atoms with Gasteiger partial charge in [-0.2, -0.15) is 5.26 Å². The lowest BCUT2D eigenvalue weighted by molar-refractivity contribution is -0.119. The van der Waals surface area contributed by atoms with Crippen LogP contribution in [0, 0.1) is 24.5 Å². The number of nitrogens with two attached hydrogens (primary N) is 1. The number of thiocyanates is 1. The molecule has 0 aliphatic carbocycles. The molecule has 2 aromatic carbocycles. The van der Waals surface area contributed by atoms with Gasteiger partial charge in [0.05, 0.1) is 5.56 Å². The highest BCUT2D eigenvalue weighted by Crippen LogP contribution is 2.27. The molecule has 2 rings (SSSR count). The summed E-state index contributed by atoms with van der Waals surface area (Å²) in [6.07, 6.45) is 0. The van der Waals surface area contributed by atoms with Crippen LogP contribution in [-0.4, -0.2) is 18.5 Å². The van der Waals surface area contributed by atoms with E-state index < -0.39 is 18.5 Å². The molecule has 6 nitrogen and oxygen atoms in total. The fourth-order valence-electron chi connectivity index (χ4n) is 2.34. The van der Waals surface area contributed by atoms with Crippen molar-refractivity contribution in [3.63, 3.8) is 0 Å².